The van der Waals surface area contributed by atoms with Crippen molar-refractivity contribution in [1.29, 1.82) is 0 Å². The molecule has 4 rings (SSSR count). The fraction of sp³-hybridized carbons (Fsp3) is 0.273. The van der Waals surface area contributed by atoms with E-state index in [9.17, 15) is 9.59 Å². The Labute approximate surface area is 167 Å². The maximum Gasteiger partial charge on any atom is 0.348 e. The Morgan fingerprint density at radius 1 is 1.14 bits per heavy atom. The number of carbonyl (C=O) groups is 2. The lowest BCUT2D eigenvalue weighted by atomic mass is 10.0. The third-order valence-corrected chi connectivity index (χ3v) is 6.02. The zero-order valence-corrected chi connectivity index (χ0v) is 16.4. The summed E-state index contributed by atoms with van der Waals surface area (Å²) < 4.78 is 12.3. The first-order valence-electron chi connectivity index (χ1n) is 9.32. The minimum absolute atomic E-state index is 0.258. The Morgan fingerprint density at radius 2 is 1.89 bits per heavy atom. The number of nitrogens with two attached hydrogens (primary N) is 1. The fourth-order valence-corrected chi connectivity index (χ4v) is 4.48. The van der Waals surface area contributed by atoms with E-state index in [4.69, 9.17) is 15.2 Å². The number of benzene rings is 2. The minimum Gasteiger partial charge on any atom is -0.489 e. The predicted molar refractivity (Wildman–Crippen MR) is 109 cm³/mol. The van der Waals surface area contributed by atoms with E-state index in [1.54, 1.807) is 31.2 Å². The van der Waals surface area contributed by atoms with Crippen LogP contribution in [0, 0.1) is 0 Å². The minimum atomic E-state index is -0.478. The van der Waals surface area contributed by atoms with E-state index in [2.05, 4.69) is 12.1 Å². The summed E-state index contributed by atoms with van der Waals surface area (Å²) in [5.41, 5.74) is 7.87. The summed E-state index contributed by atoms with van der Waals surface area (Å²) >= 11 is 1.46. The van der Waals surface area contributed by atoms with Gasteiger partial charge >= 0.3 is 5.97 Å². The number of ether oxygens (including phenoxy) is 2. The number of esters is 1. The molecule has 1 aliphatic rings. The molecule has 0 atom stereocenters. The van der Waals surface area contributed by atoms with E-state index in [1.807, 2.05) is 6.07 Å². The van der Waals surface area contributed by atoms with Gasteiger partial charge in [0.1, 0.15) is 17.2 Å². The van der Waals surface area contributed by atoms with Crippen molar-refractivity contribution in [1.82, 2.24) is 0 Å². The lowest BCUT2D eigenvalue weighted by Crippen LogP contribution is -2.10. The van der Waals surface area contributed by atoms with Crippen molar-refractivity contribution in [3.63, 3.8) is 0 Å². The van der Waals surface area contributed by atoms with E-state index in [0.717, 1.165) is 15.6 Å². The Kier molecular flexibility index (Phi) is 5.05. The Morgan fingerprint density at radius 3 is 2.54 bits per heavy atom. The molecular formula is C22H21NO4S. The number of primary amides is 1. The molecule has 1 amide bonds. The molecule has 0 unspecified atom stereocenters. The normalized spacial score (nSPS) is 13.5. The highest BCUT2D eigenvalue weighted by atomic mass is 32.1. The lowest BCUT2D eigenvalue weighted by molar-refractivity contribution is 0.0529. The molecule has 0 aliphatic heterocycles. The molecule has 1 aliphatic carbocycles. The summed E-state index contributed by atoms with van der Waals surface area (Å²) in [6.45, 7) is 2.39. The second-order valence-corrected chi connectivity index (χ2v) is 7.85. The number of amides is 1. The largest absolute Gasteiger partial charge is 0.489 e. The van der Waals surface area contributed by atoms with E-state index >= 15 is 0 Å². The molecule has 0 saturated heterocycles. The standard InChI is InChI=1S/C22H21NO4S/c1-2-26-22(25)20-17(12-27-15-10-8-14(9-11-15)21(23)24)19-16(13-6-7-13)4-3-5-18(19)28-20/h3-5,8-11,13H,2,6-7,12H2,1H3,(H2,23,24). The Balaban J connectivity index is 1.70. The molecule has 0 spiro atoms. The van der Waals surface area contributed by atoms with Crippen LogP contribution in [-0.2, 0) is 11.3 Å². The van der Waals surface area contributed by atoms with Gasteiger partial charge in [-0.05, 0) is 61.6 Å². The number of fused-ring (bicyclic) bond motifs is 1. The molecule has 1 fully saturated rings. The van der Waals surface area contributed by atoms with Crippen molar-refractivity contribution >= 4 is 33.3 Å². The van der Waals surface area contributed by atoms with Crippen molar-refractivity contribution in [2.45, 2.75) is 32.3 Å². The molecule has 1 heterocycles. The number of rotatable bonds is 7. The lowest BCUT2D eigenvalue weighted by Gasteiger charge is -2.10. The molecule has 0 radical (unpaired) electrons. The van der Waals surface area contributed by atoms with Gasteiger partial charge in [-0.1, -0.05) is 12.1 Å². The van der Waals surface area contributed by atoms with Crippen LogP contribution in [-0.4, -0.2) is 18.5 Å². The summed E-state index contributed by atoms with van der Waals surface area (Å²) in [5, 5.41) is 1.12. The molecule has 28 heavy (non-hydrogen) atoms. The van der Waals surface area contributed by atoms with Gasteiger partial charge in [0, 0.05) is 21.2 Å². The monoisotopic (exact) mass is 395 g/mol. The van der Waals surface area contributed by atoms with Gasteiger partial charge in [-0.2, -0.15) is 0 Å². The number of carbonyl (C=O) groups excluding carboxylic acids is 2. The fourth-order valence-electron chi connectivity index (χ4n) is 3.35. The summed E-state index contributed by atoms with van der Waals surface area (Å²) in [6.07, 6.45) is 2.36. The van der Waals surface area contributed by atoms with E-state index in [-0.39, 0.29) is 12.6 Å². The summed E-state index contributed by atoms with van der Waals surface area (Å²) in [5.74, 6) is 0.382. The third kappa shape index (κ3) is 3.60. The summed E-state index contributed by atoms with van der Waals surface area (Å²) in [4.78, 5) is 24.4. The van der Waals surface area contributed by atoms with E-state index in [1.165, 1.54) is 29.7 Å². The third-order valence-electron chi connectivity index (χ3n) is 4.85. The summed E-state index contributed by atoms with van der Waals surface area (Å²) in [7, 11) is 0. The Bertz CT molecular complexity index is 1030. The maximum absolute atomic E-state index is 12.5. The van der Waals surface area contributed by atoms with Crippen molar-refractivity contribution in [3.8, 4) is 5.75 Å². The van der Waals surface area contributed by atoms with Gasteiger partial charge in [-0.25, -0.2) is 4.79 Å². The smallest absolute Gasteiger partial charge is 0.348 e. The number of hydrogen-bond acceptors (Lipinski definition) is 5. The molecule has 2 N–H and O–H groups in total. The van der Waals surface area contributed by atoms with Crippen molar-refractivity contribution < 1.29 is 19.1 Å². The quantitative estimate of drug-likeness (QED) is 0.592. The first-order chi connectivity index (χ1) is 13.6. The van der Waals surface area contributed by atoms with E-state index < -0.39 is 5.91 Å². The molecule has 6 heteroatoms. The van der Waals surface area contributed by atoms with E-state index in [0.29, 0.717) is 28.7 Å². The average molecular weight is 395 g/mol. The molecular weight excluding hydrogens is 374 g/mol. The van der Waals surface area contributed by atoms with Gasteiger partial charge in [-0.3, -0.25) is 4.79 Å². The van der Waals surface area contributed by atoms with Crippen LogP contribution in [0.3, 0.4) is 0 Å². The van der Waals surface area contributed by atoms with Crippen LogP contribution in [0.25, 0.3) is 10.1 Å². The van der Waals surface area contributed by atoms with Crippen molar-refractivity contribution in [2.75, 3.05) is 6.61 Å². The average Bonchev–Trinajstić information content (AvgIpc) is 3.47. The number of thiophene rings is 1. The highest BCUT2D eigenvalue weighted by Crippen LogP contribution is 2.46. The van der Waals surface area contributed by atoms with Gasteiger partial charge in [0.2, 0.25) is 5.91 Å². The van der Waals surface area contributed by atoms with Gasteiger partial charge < -0.3 is 15.2 Å². The Hall–Kier alpha value is -2.86. The molecule has 3 aromatic rings. The van der Waals surface area contributed by atoms with Crippen LogP contribution in [0.2, 0.25) is 0 Å². The molecule has 0 bridgehead atoms. The maximum atomic E-state index is 12.5. The van der Waals surface area contributed by atoms with Gasteiger partial charge in [0.15, 0.2) is 0 Å². The van der Waals surface area contributed by atoms with Crippen LogP contribution in [0.15, 0.2) is 42.5 Å². The topological polar surface area (TPSA) is 78.6 Å². The highest BCUT2D eigenvalue weighted by molar-refractivity contribution is 7.21. The molecule has 2 aromatic carbocycles. The zero-order chi connectivity index (χ0) is 19.7. The predicted octanol–water partition coefficient (Wildman–Crippen LogP) is 4.63. The van der Waals surface area contributed by atoms with Crippen LogP contribution >= 0.6 is 11.3 Å². The molecule has 5 nitrogen and oxygen atoms in total. The van der Waals surface area contributed by atoms with Crippen LogP contribution in [0.5, 0.6) is 5.75 Å². The van der Waals surface area contributed by atoms with Gasteiger partial charge in [0.25, 0.3) is 0 Å². The molecule has 1 saturated carbocycles. The van der Waals surface area contributed by atoms with Crippen molar-refractivity contribution in [2.24, 2.45) is 5.73 Å². The number of hydrogen-bond donors (Lipinski definition) is 1. The van der Waals surface area contributed by atoms with Crippen LogP contribution in [0.4, 0.5) is 0 Å². The van der Waals surface area contributed by atoms with Crippen LogP contribution in [0.1, 0.15) is 56.8 Å². The van der Waals surface area contributed by atoms with Crippen LogP contribution < -0.4 is 10.5 Å². The van der Waals surface area contributed by atoms with Gasteiger partial charge in [-0.15, -0.1) is 11.3 Å². The first-order valence-corrected chi connectivity index (χ1v) is 10.1. The second kappa shape index (κ2) is 7.64. The molecule has 1 aromatic heterocycles. The van der Waals surface area contributed by atoms with Gasteiger partial charge in [0.05, 0.1) is 6.61 Å². The second-order valence-electron chi connectivity index (χ2n) is 6.80. The summed E-state index contributed by atoms with van der Waals surface area (Å²) in [6, 6.07) is 12.9. The molecule has 144 valence electrons. The SMILES string of the molecule is CCOC(=O)c1sc2cccc(C3CC3)c2c1COc1ccc(C(N)=O)cc1. The highest BCUT2D eigenvalue weighted by Gasteiger charge is 2.29. The first kappa shape index (κ1) is 18.5. The van der Waals surface area contributed by atoms with Crippen molar-refractivity contribution in [3.05, 3.63) is 64.0 Å². The zero-order valence-electron chi connectivity index (χ0n) is 15.6.